The molecule has 4 nitrogen and oxygen atoms in total. The average Bonchev–Trinajstić information content (AvgIpc) is 2.22. The van der Waals surface area contributed by atoms with Gasteiger partial charge in [-0.2, -0.15) is 5.10 Å². The van der Waals surface area contributed by atoms with Crippen LogP contribution in [0.4, 0.5) is 5.69 Å². The van der Waals surface area contributed by atoms with Gasteiger partial charge in [-0.1, -0.05) is 17.7 Å². The molecule has 0 saturated heterocycles. The molecule has 78 valence electrons. The van der Waals surface area contributed by atoms with Crippen LogP contribution in [0.25, 0.3) is 0 Å². The fraction of sp³-hybridized carbons (Fsp3) is 0.200. The minimum Gasteiger partial charge on any atom is -0.321 e. The second-order valence-electron chi connectivity index (χ2n) is 3.34. The molecule has 0 aliphatic carbocycles. The number of anilines is 1. The first-order chi connectivity index (χ1) is 7.16. The Balaban J connectivity index is 2.29. The number of halogens is 1. The van der Waals surface area contributed by atoms with Crippen molar-refractivity contribution >= 4 is 29.5 Å². The minimum atomic E-state index is -0.130. The maximum absolute atomic E-state index is 11.1. The standard InChI is InChI=1S/C10H10ClN3O/c1-7-2-3-8(4-9(7)11)14-5-10(15)13-12-6-14/h2-4,6H,5H2,1H3,(H,13,15). The largest absolute Gasteiger partial charge is 0.321 e. The van der Waals surface area contributed by atoms with Crippen molar-refractivity contribution in [2.24, 2.45) is 5.10 Å². The predicted octanol–water partition coefficient (Wildman–Crippen LogP) is 1.53. The van der Waals surface area contributed by atoms with Gasteiger partial charge in [0.05, 0.1) is 0 Å². The fourth-order valence-corrected chi connectivity index (χ4v) is 1.49. The van der Waals surface area contributed by atoms with Crippen molar-refractivity contribution in [1.82, 2.24) is 5.43 Å². The molecular formula is C10H10ClN3O. The van der Waals surface area contributed by atoms with Crippen LogP contribution in [0.2, 0.25) is 5.02 Å². The van der Waals surface area contributed by atoms with E-state index in [0.29, 0.717) is 5.02 Å². The molecule has 1 aliphatic rings. The Labute approximate surface area is 92.5 Å². The third-order valence-corrected chi connectivity index (χ3v) is 2.59. The van der Waals surface area contributed by atoms with E-state index >= 15 is 0 Å². The van der Waals surface area contributed by atoms with Crippen LogP contribution in [0.15, 0.2) is 23.3 Å². The molecule has 15 heavy (non-hydrogen) atoms. The molecule has 1 N–H and O–H groups in total. The van der Waals surface area contributed by atoms with E-state index in [1.807, 2.05) is 25.1 Å². The Morgan fingerprint density at radius 2 is 2.33 bits per heavy atom. The Hall–Kier alpha value is -1.55. The van der Waals surface area contributed by atoms with Crippen molar-refractivity contribution in [2.45, 2.75) is 6.92 Å². The molecule has 0 radical (unpaired) electrons. The topological polar surface area (TPSA) is 44.7 Å². The minimum absolute atomic E-state index is 0.130. The molecule has 5 heteroatoms. The zero-order valence-corrected chi connectivity index (χ0v) is 8.95. The number of aryl methyl sites for hydroxylation is 1. The summed E-state index contributed by atoms with van der Waals surface area (Å²) in [4.78, 5) is 12.8. The third-order valence-electron chi connectivity index (χ3n) is 2.19. The van der Waals surface area contributed by atoms with Crippen LogP contribution in [0.5, 0.6) is 0 Å². The number of carbonyl (C=O) groups excluding carboxylic acids is 1. The highest BCUT2D eigenvalue weighted by atomic mass is 35.5. The van der Waals surface area contributed by atoms with Gasteiger partial charge in [0, 0.05) is 10.7 Å². The molecule has 0 spiro atoms. The monoisotopic (exact) mass is 223 g/mol. The van der Waals surface area contributed by atoms with Gasteiger partial charge in [0.1, 0.15) is 12.9 Å². The predicted molar refractivity (Wildman–Crippen MR) is 60.2 cm³/mol. The number of carbonyl (C=O) groups is 1. The third kappa shape index (κ3) is 2.10. The number of hydrazone groups is 1. The molecule has 1 aromatic carbocycles. The van der Waals surface area contributed by atoms with E-state index in [-0.39, 0.29) is 12.5 Å². The molecule has 0 aromatic heterocycles. The summed E-state index contributed by atoms with van der Waals surface area (Å²) in [5.41, 5.74) is 4.24. The van der Waals surface area contributed by atoms with E-state index in [4.69, 9.17) is 11.6 Å². The lowest BCUT2D eigenvalue weighted by Gasteiger charge is -2.22. The Morgan fingerprint density at radius 3 is 3.00 bits per heavy atom. The van der Waals surface area contributed by atoms with Gasteiger partial charge in [-0.15, -0.1) is 0 Å². The van der Waals surface area contributed by atoms with Crippen molar-refractivity contribution in [3.63, 3.8) is 0 Å². The summed E-state index contributed by atoms with van der Waals surface area (Å²) in [5, 5.41) is 4.41. The summed E-state index contributed by atoms with van der Waals surface area (Å²) in [5.74, 6) is -0.130. The van der Waals surface area contributed by atoms with Gasteiger partial charge in [0.15, 0.2) is 0 Å². The van der Waals surface area contributed by atoms with Gasteiger partial charge in [0.2, 0.25) is 0 Å². The smallest absolute Gasteiger partial charge is 0.260 e. The number of nitrogens with zero attached hydrogens (tertiary/aromatic N) is 2. The first kappa shape index (κ1) is 9.98. The van der Waals surface area contributed by atoms with Crippen molar-refractivity contribution < 1.29 is 4.79 Å². The maximum Gasteiger partial charge on any atom is 0.260 e. The van der Waals surface area contributed by atoms with Crippen LogP contribution in [0.3, 0.4) is 0 Å². The number of nitrogens with one attached hydrogen (secondary N) is 1. The highest BCUT2D eigenvalue weighted by molar-refractivity contribution is 6.31. The lowest BCUT2D eigenvalue weighted by Crippen LogP contribution is -2.39. The summed E-state index contributed by atoms with van der Waals surface area (Å²) in [6, 6.07) is 5.64. The van der Waals surface area contributed by atoms with E-state index in [0.717, 1.165) is 11.3 Å². The van der Waals surface area contributed by atoms with Crippen LogP contribution < -0.4 is 10.3 Å². The van der Waals surface area contributed by atoms with Gasteiger partial charge >= 0.3 is 0 Å². The molecule has 0 saturated carbocycles. The second kappa shape index (κ2) is 3.90. The van der Waals surface area contributed by atoms with E-state index in [9.17, 15) is 4.79 Å². The number of amides is 1. The van der Waals surface area contributed by atoms with E-state index in [2.05, 4.69) is 10.5 Å². The Bertz CT molecular complexity index is 431. The summed E-state index contributed by atoms with van der Waals surface area (Å²) in [6.45, 7) is 2.20. The van der Waals surface area contributed by atoms with Gasteiger partial charge in [-0.3, -0.25) is 4.79 Å². The van der Waals surface area contributed by atoms with Crippen LogP contribution in [0, 0.1) is 6.92 Å². The van der Waals surface area contributed by atoms with Gasteiger partial charge < -0.3 is 4.90 Å². The molecule has 0 bridgehead atoms. The van der Waals surface area contributed by atoms with Crippen LogP contribution in [0.1, 0.15) is 5.56 Å². The van der Waals surface area contributed by atoms with Gasteiger partial charge in [-0.25, -0.2) is 5.43 Å². The average molecular weight is 224 g/mol. The molecule has 2 rings (SSSR count). The number of hydrogen-bond donors (Lipinski definition) is 1. The zero-order valence-electron chi connectivity index (χ0n) is 8.20. The van der Waals surface area contributed by atoms with Crippen molar-refractivity contribution in [3.05, 3.63) is 28.8 Å². The summed E-state index contributed by atoms with van der Waals surface area (Å²) in [6.07, 6.45) is 1.57. The number of rotatable bonds is 1. The lowest BCUT2D eigenvalue weighted by molar-refractivity contribution is -0.119. The number of benzene rings is 1. The van der Waals surface area contributed by atoms with Crippen molar-refractivity contribution in [1.29, 1.82) is 0 Å². The summed E-state index contributed by atoms with van der Waals surface area (Å²) >= 11 is 6.00. The summed E-state index contributed by atoms with van der Waals surface area (Å²) in [7, 11) is 0. The van der Waals surface area contributed by atoms with Gasteiger partial charge in [-0.05, 0) is 24.6 Å². The number of hydrogen-bond acceptors (Lipinski definition) is 3. The van der Waals surface area contributed by atoms with Crippen LogP contribution >= 0.6 is 11.6 Å². The first-order valence-corrected chi connectivity index (χ1v) is 4.89. The fourth-order valence-electron chi connectivity index (χ4n) is 1.32. The lowest BCUT2D eigenvalue weighted by atomic mass is 10.2. The highest BCUT2D eigenvalue weighted by Gasteiger charge is 2.13. The Kier molecular flexibility index (Phi) is 2.60. The summed E-state index contributed by atoms with van der Waals surface area (Å²) < 4.78 is 0. The van der Waals surface area contributed by atoms with Crippen molar-refractivity contribution in [2.75, 3.05) is 11.4 Å². The molecule has 1 aliphatic heterocycles. The molecular weight excluding hydrogens is 214 g/mol. The van der Waals surface area contributed by atoms with Crippen LogP contribution in [-0.2, 0) is 4.79 Å². The first-order valence-electron chi connectivity index (χ1n) is 4.51. The SMILES string of the molecule is Cc1ccc(N2C=NNC(=O)C2)cc1Cl. The molecule has 0 fully saturated rings. The molecule has 0 atom stereocenters. The van der Waals surface area contributed by atoms with Gasteiger partial charge in [0.25, 0.3) is 5.91 Å². The molecule has 0 unspecified atom stereocenters. The highest BCUT2D eigenvalue weighted by Crippen LogP contribution is 2.22. The molecule has 1 aromatic rings. The van der Waals surface area contributed by atoms with Crippen molar-refractivity contribution in [3.8, 4) is 0 Å². The van der Waals surface area contributed by atoms with Crippen LogP contribution in [-0.4, -0.2) is 18.8 Å². The normalized spacial score (nSPS) is 15.3. The van der Waals surface area contributed by atoms with E-state index in [1.165, 1.54) is 0 Å². The zero-order chi connectivity index (χ0) is 10.8. The quantitative estimate of drug-likeness (QED) is 0.785. The van der Waals surface area contributed by atoms with E-state index in [1.54, 1.807) is 11.2 Å². The Morgan fingerprint density at radius 1 is 1.53 bits per heavy atom. The maximum atomic E-state index is 11.1. The van der Waals surface area contributed by atoms with E-state index < -0.39 is 0 Å². The second-order valence-corrected chi connectivity index (χ2v) is 3.75. The molecule has 1 heterocycles. The molecule has 1 amide bonds.